The fourth-order valence-electron chi connectivity index (χ4n) is 2.01. The van der Waals surface area contributed by atoms with Gasteiger partial charge in [-0.05, 0) is 29.0 Å². The van der Waals surface area contributed by atoms with Crippen LogP contribution in [0.1, 0.15) is 11.3 Å². The van der Waals surface area contributed by atoms with Gasteiger partial charge >= 0.3 is 0 Å². The molecule has 0 saturated carbocycles. The van der Waals surface area contributed by atoms with Gasteiger partial charge in [0.05, 0.1) is 6.54 Å². The number of halogens is 1. The average Bonchev–Trinajstić information content (AvgIpc) is 2.76. The van der Waals surface area contributed by atoms with E-state index in [1.54, 1.807) is 11.3 Å². The Hall–Kier alpha value is -0.430. The van der Waals surface area contributed by atoms with E-state index in [4.69, 9.17) is 0 Å². The summed E-state index contributed by atoms with van der Waals surface area (Å²) in [6, 6.07) is 2.35. The number of amides is 1. The highest BCUT2D eigenvalue weighted by Crippen LogP contribution is 2.19. The maximum atomic E-state index is 11.9. The molecule has 1 atom stereocenters. The van der Waals surface area contributed by atoms with Crippen LogP contribution in [0, 0.1) is 0 Å². The lowest BCUT2D eigenvalue weighted by Gasteiger charge is -2.32. The molecule has 1 aromatic heterocycles. The number of hydrogen-bond donors (Lipinski definition) is 2. The lowest BCUT2D eigenvalue weighted by molar-refractivity contribution is -0.122. The van der Waals surface area contributed by atoms with Gasteiger partial charge in [0, 0.05) is 46.8 Å². The molecule has 0 spiro atoms. The Morgan fingerprint density at radius 1 is 1.72 bits per heavy atom. The predicted molar refractivity (Wildman–Crippen MR) is 77.8 cm³/mol. The molecule has 100 valence electrons. The van der Waals surface area contributed by atoms with Crippen LogP contribution in [-0.2, 0) is 11.3 Å². The van der Waals surface area contributed by atoms with Gasteiger partial charge in [0.15, 0.2) is 0 Å². The number of piperazine rings is 1. The molecule has 18 heavy (non-hydrogen) atoms. The van der Waals surface area contributed by atoms with E-state index in [0.29, 0.717) is 19.0 Å². The average molecular weight is 332 g/mol. The molecule has 0 aliphatic carbocycles. The molecule has 1 unspecified atom stereocenters. The van der Waals surface area contributed by atoms with E-state index in [1.807, 2.05) is 11.4 Å². The van der Waals surface area contributed by atoms with Crippen LogP contribution in [0.25, 0.3) is 0 Å². The predicted octanol–water partition coefficient (Wildman–Crippen LogP) is 1.42. The van der Waals surface area contributed by atoms with Gasteiger partial charge in [-0.1, -0.05) is 0 Å². The van der Waals surface area contributed by atoms with E-state index >= 15 is 0 Å². The SMILES string of the molecule is CN1CCNCC1CC(=O)NCc1cc(Br)cs1. The summed E-state index contributed by atoms with van der Waals surface area (Å²) in [4.78, 5) is 15.3. The second-order valence-corrected chi connectivity index (χ2v) is 6.46. The first-order chi connectivity index (χ1) is 8.65. The van der Waals surface area contributed by atoms with E-state index in [-0.39, 0.29) is 5.91 Å². The van der Waals surface area contributed by atoms with Crippen LogP contribution in [0.4, 0.5) is 0 Å². The Labute approximate surface area is 120 Å². The minimum atomic E-state index is 0.125. The van der Waals surface area contributed by atoms with Crippen LogP contribution < -0.4 is 10.6 Å². The van der Waals surface area contributed by atoms with Gasteiger partial charge < -0.3 is 15.5 Å². The third kappa shape index (κ3) is 4.05. The summed E-state index contributed by atoms with van der Waals surface area (Å²) in [5, 5.41) is 8.33. The molecule has 2 N–H and O–H groups in total. The quantitative estimate of drug-likeness (QED) is 0.877. The van der Waals surface area contributed by atoms with Crippen molar-refractivity contribution >= 4 is 33.2 Å². The fraction of sp³-hybridized carbons (Fsp3) is 0.583. The summed E-state index contributed by atoms with van der Waals surface area (Å²) >= 11 is 5.06. The standard InChI is InChI=1S/C12H18BrN3OS/c1-16-3-2-14-6-10(16)5-12(17)15-7-11-4-9(13)8-18-11/h4,8,10,14H,2-3,5-7H2,1H3,(H,15,17). The lowest BCUT2D eigenvalue weighted by Crippen LogP contribution is -2.50. The molecule has 2 rings (SSSR count). The summed E-state index contributed by atoms with van der Waals surface area (Å²) in [6.07, 6.45) is 0.566. The molecular formula is C12H18BrN3OS. The van der Waals surface area contributed by atoms with Crippen LogP contribution in [0.3, 0.4) is 0 Å². The number of nitrogens with one attached hydrogen (secondary N) is 2. The van der Waals surface area contributed by atoms with Gasteiger partial charge in [0.1, 0.15) is 0 Å². The number of likely N-dealkylation sites (N-methyl/N-ethyl adjacent to an activating group) is 1. The third-order valence-electron chi connectivity index (χ3n) is 3.15. The lowest BCUT2D eigenvalue weighted by atomic mass is 10.1. The van der Waals surface area contributed by atoms with Gasteiger partial charge in [0.25, 0.3) is 0 Å². The van der Waals surface area contributed by atoms with Gasteiger partial charge in [-0.15, -0.1) is 11.3 Å². The highest BCUT2D eigenvalue weighted by molar-refractivity contribution is 9.10. The van der Waals surface area contributed by atoms with Gasteiger partial charge in [-0.2, -0.15) is 0 Å². The molecule has 1 aromatic rings. The Morgan fingerprint density at radius 3 is 3.22 bits per heavy atom. The number of thiophene rings is 1. The molecule has 1 fully saturated rings. The van der Waals surface area contributed by atoms with Crippen LogP contribution in [0.2, 0.25) is 0 Å². The normalized spacial score (nSPS) is 20.9. The first kappa shape index (κ1) is 14.0. The highest BCUT2D eigenvalue weighted by atomic mass is 79.9. The Bertz CT molecular complexity index is 410. The summed E-state index contributed by atoms with van der Waals surface area (Å²) < 4.78 is 1.08. The van der Waals surface area contributed by atoms with E-state index in [9.17, 15) is 4.79 Å². The smallest absolute Gasteiger partial charge is 0.221 e. The second kappa shape index (κ2) is 6.65. The van der Waals surface area contributed by atoms with Crippen LogP contribution in [-0.4, -0.2) is 43.5 Å². The summed E-state index contributed by atoms with van der Waals surface area (Å²) in [7, 11) is 2.08. The fourth-order valence-corrected chi connectivity index (χ4v) is 3.40. The number of carbonyl (C=O) groups is 1. The van der Waals surface area contributed by atoms with Crippen molar-refractivity contribution in [3.63, 3.8) is 0 Å². The van der Waals surface area contributed by atoms with Crippen molar-refractivity contribution in [3.8, 4) is 0 Å². The van der Waals surface area contributed by atoms with E-state index < -0.39 is 0 Å². The minimum Gasteiger partial charge on any atom is -0.351 e. The molecule has 1 saturated heterocycles. The van der Waals surface area contributed by atoms with Crippen molar-refractivity contribution < 1.29 is 4.79 Å². The molecule has 4 nitrogen and oxygen atoms in total. The van der Waals surface area contributed by atoms with Crippen molar-refractivity contribution in [2.24, 2.45) is 0 Å². The van der Waals surface area contributed by atoms with Crippen LogP contribution in [0.15, 0.2) is 15.9 Å². The molecule has 6 heteroatoms. The largest absolute Gasteiger partial charge is 0.351 e. The number of rotatable bonds is 4. The Balaban J connectivity index is 1.74. The summed E-state index contributed by atoms with van der Waals surface area (Å²) in [5.41, 5.74) is 0. The number of hydrogen-bond acceptors (Lipinski definition) is 4. The number of carbonyl (C=O) groups excluding carboxylic acids is 1. The molecule has 1 aliphatic heterocycles. The number of nitrogens with zero attached hydrogens (tertiary/aromatic N) is 1. The molecule has 0 aromatic carbocycles. The first-order valence-electron chi connectivity index (χ1n) is 6.05. The zero-order valence-electron chi connectivity index (χ0n) is 10.4. The van der Waals surface area contributed by atoms with Crippen molar-refractivity contribution in [3.05, 3.63) is 20.8 Å². The zero-order chi connectivity index (χ0) is 13.0. The van der Waals surface area contributed by atoms with Gasteiger partial charge in [-0.3, -0.25) is 4.79 Å². The Morgan fingerprint density at radius 2 is 2.56 bits per heavy atom. The third-order valence-corrected chi connectivity index (χ3v) is 4.84. The molecule has 0 radical (unpaired) electrons. The second-order valence-electron chi connectivity index (χ2n) is 4.55. The Kier molecular flexibility index (Phi) is 5.17. The van der Waals surface area contributed by atoms with Crippen molar-refractivity contribution in [1.29, 1.82) is 0 Å². The molecule has 2 heterocycles. The topological polar surface area (TPSA) is 44.4 Å². The van der Waals surface area contributed by atoms with E-state index in [0.717, 1.165) is 24.1 Å². The van der Waals surface area contributed by atoms with Crippen molar-refractivity contribution in [2.45, 2.75) is 19.0 Å². The molecule has 1 aliphatic rings. The first-order valence-corrected chi connectivity index (χ1v) is 7.73. The minimum absolute atomic E-state index is 0.125. The highest BCUT2D eigenvalue weighted by Gasteiger charge is 2.21. The van der Waals surface area contributed by atoms with E-state index in [1.165, 1.54) is 4.88 Å². The van der Waals surface area contributed by atoms with E-state index in [2.05, 4.69) is 38.5 Å². The van der Waals surface area contributed by atoms with Crippen molar-refractivity contribution in [2.75, 3.05) is 26.7 Å². The van der Waals surface area contributed by atoms with Crippen molar-refractivity contribution in [1.82, 2.24) is 15.5 Å². The molecular weight excluding hydrogens is 314 g/mol. The monoisotopic (exact) mass is 331 g/mol. The molecule has 0 bridgehead atoms. The van der Waals surface area contributed by atoms with Gasteiger partial charge in [-0.25, -0.2) is 0 Å². The molecule has 1 amide bonds. The summed E-state index contributed by atoms with van der Waals surface area (Å²) in [5.74, 6) is 0.125. The maximum absolute atomic E-state index is 11.9. The van der Waals surface area contributed by atoms with Gasteiger partial charge in [0.2, 0.25) is 5.91 Å². The summed E-state index contributed by atoms with van der Waals surface area (Å²) in [6.45, 7) is 3.54. The maximum Gasteiger partial charge on any atom is 0.221 e. The zero-order valence-corrected chi connectivity index (χ0v) is 12.8. The van der Waals surface area contributed by atoms with Crippen LogP contribution >= 0.6 is 27.3 Å². The van der Waals surface area contributed by atoms with Crippen LogP contribution in [0.5, 0.6) is 0 Å².